The van der Waals surface area contributed by atoms with Gasteiger partial charge in [0.05, 0.1) is 19.4 Å². The fraction of sp³-hybridized carbons (Fsp3) is 0.158. The van der Waals surface area contributed by atoms with E-state index in [2.05, 4.69) is 29.6 Å². The van der Waals surface area contributed by atoms with Crippen molar-refractivity contribution < 1.29 is 9.15 Å². The Kier molecular flexibility index (Phi) is 4.77. The molecule has 0 saturated heterocycles. The van der Waals surface area contributed by atoms with Gasteiger partial charge in [-0.25, -0.2) is 0 Å². The Morgan fingerprint density at radius 2 is 1.82 bits per heavy atom. The molecule has 0 unspecified atom stereocenters. The second-order valence-corrected chi connectivity index (χ2v) is 5.04. The summed E-state index contributed by atoms with van der Waals surface area (Å²) in [6, 6.07) is 22.2. The summed E-state index contributed by atoms with van der Waals surface area (Å²) in [5.74, 6) is 1.79. The van der Waals surface area contributed by atoms with Crippen LogP contribution in [0.15, 0.2) is 77.4 Å². The molecular weight excluding hydrogens is 274 g/mol. The molecule has 0 spiro atoms. The van der Waals surface area contributed by atoms with Crippen molar-refractivity contribution in [3.63, 3.8) is 0 Å². The van der Waals surface area contributed by atoms with Crippen LogP contribution < -0.4 is 10.1 Å². The van der Waals surface area contributed by atoms with Crippen LogP contribution in [0.5, 0.6) is 5.75 Å². The lowest BCUT2D eigenvalue weighted by Crippen LogP contribution is -2.02. The van der Waals surface area contributed by atoms with Gasteiger partial charge in [0.25, 0.3) is 0 Å². The van der Waals surface area contributed by atoms with Gasteiger partial charge in [-0.2, -0.15) is 0 Å². The first-order valence-corrected chi connectivity index (χ1v) is 7.43. The normalized spacial score (nSPS) is 10.4. The van der Waals surface area contributed by atoms with Crippen LogP contribution in [0, 0.1) is 0 Å². The molecule has 0 aliphatic carbocycles. The zero-order valence-corrected chi connectivity index (χ0v) is 12.4. The molecule has 3 nitrogen and oxygen atoms in total. The average Bonchev–Trinajstić information content (AvgIpc) is 3.08. The molecule has 3 heteroatoms. The van der Waals surface area contributed by atoms with Crippen LogP contribution in [-0.4, -0.2) is 6.61 Å². The molecule has 112 valence electrons. The number of ether oxygens (including phenoxy) is 1. The monoisotopic (exact) mass is 293 g/mol. The summed E-state index contributed by atoms with van der Waals surface area (Å²) >= 11 is 0. The third kappa shape index (κ3) is 4.16. The molecule has 0 bridgehead atoms. The van der Waals surface area contributed by atoms with Crippen molar-refractivity contribution in [1.82, 2.24) is 0 Å². The van der Waals surface area contributed by atoms with Crippen LogP contribution in [0.4, 0.5) is 5.69 Å². The number of furan rings is 1. The largest absolute Gasteiger partial charge is 0.493 e. The highest BCUT2D eigenvalue weighted by Gasteiger charge is 1.99. The summed E-state index contributed by atoms with van der Waals surface area (Å²) in [4.78, 5) is 0. The molecule has 0 aliphatic rings. The smallest absolute Gasteiger partial charge is 0.122 e. The number of hydrogen-bond acceptors (Lipinski definition) is 3. The van der Waals surface area contributed by atoms with E-state index in [0.29, 0.717) is 13.2 Å². The Bertz CT molecular complexity index is 678. The van der Waals surface area contributed by atoms with Gasteiger partial charge in [0, 0.05) is 18.2 Å². The summed E-state index contributed by atoms with van der Waals surface area (Å²) < 4.78 is 11.1. The molecule has 0 aliphatic heterocycles. The van der Waals surface area contributed by atoms with E-state index in [4.69, 9.17) is 9.15 Å². The van der Waals surface area contributed by atoms with E-state index in [9.17, 15) is 0 Å². The van der Waals surface area contributed by atoms with E-state index in [0.717, 1.165) is 23.6 Å². The maximum absolute atomic E-state index is 5.82. The lowest BCUT2D eigenvalue weighted by atomic mass is 10.2. The van der Waals surface area contributed by atoms with E-state index in [-0.39, 0.29) is 0 Å². The topological polar surface area (TPSA) is 34.4 Å². The summed E-state index contributed by atoms with van der Waals surface area (Å²) in [5, 5.41) is 3.32. The maximum Gasteiger partial charge on any atom is 0.122 e. The SMILES string of the molecule is c1ccc(CCOc2cccc(NCc3ccco3)c2)cc1. The van der Waals surface area contributed by atoms with Crippen molar-refractivity contribution in [2.75, 3.05) is 11.9 Å². The van der Waals surface area contributed by atoms with Gasteiger partial charge >= 0.3 is 0 Å². The van der Waals surface area contributed by atoms with Gasteiger partial charge in [0.15, 0.2) is 0 Å². The fourth-order valence-corrected chi connectivity index (χ4v) is 2.23. The minimum Gasteiger partial charge on any atom is -0.493 e. The zero-order chi connectivity index (χ0) is 15.0. The van der Waals surface area contributed by atoms with Crippen LogP contribution in [0.2, 0.25) is 0 Å². The molecule has 2 aromatic carbocycles. The highest BCUT2D eigenvalue weighted by atomic mass is 16.5. The summed E-state index contributed by atoms with van der Waals surface area (Å²) in [6.07, 6.45) is 2.59. The molecular formula is C19H19NO2. The second-order valence-electron chi connectivity index (χ2n) is 5.04. The standard InChI is InChI=1S/C19H19NO2/c1-2-6-16(7-3-1)11-13-22-18-9-4-8-17(14-18)20-15-19-10-5-12-21-19/h1-10,12,14,20H,11,13,15H2. The van der Waals surface area contributed by atoms with Crippen molar-refractivity contribution in [2.24, 2.45) is 0 Å². The highest BCUT2D eigenvalue weighted by Crippen LogP contribution is 2.18. The van der Waals surface area contributed by atoms with Crippen LogP contribution in [0.25, 0.3) is 0 Å². The molecule has 3 aromatic rings. The van der Waals surface area contributed by atoms with Gasteiger partial charge in [0.2, 0.25) is 0 Å². The van der Waals surface area contributed by atoms with Gasteiger partial charge in [0.1, 0.15) is 11.5 Å². The highest BCUT2D eigenvalue weighted by molar-refractivity contribution is 5.48. The van der Waals surface area contributed by atoms with E-state index < -0.39 is 0 Å². The van der Waals surface area contributed by atoms with Gasteiger partial charge < -0.3 is 14.5 Å². The van der Waals surface area contributed by atoms with E-state index in [1.54, 1.807) is 6.26 Å². The molecule has 0 saturated carbocycles. The van der Waals surface area contributed by atoms with E-state index in [1.807, 2.05) is 42.5 Å². The second kappa shape index (κ2) is 7.36. The third-order valence-corrected chi connectivity index (χ3v) is 3.38. The van der Waals surface area contributed by atoms with E-state index >= 15 is 0 Å². The Morgan fingerprint density at radius 1 is 0.909 bits per heavy atom. The molecule has 0 fully saturated rings. The van der Waals surface area contributed by atoms with Crippen LogP contribution in [0.1, 0.15) is 11.3 Å². The van der Waals surface area contributed by atoms with Crippen LogP contribution in [-0.2, 0) is 13.0 Å². The number of hydrogen-bond donors (Lipinski definition) is 1. The number of anilines is 1. The van der Waals surface area contributed by atoms with E-state index in [1.165, 1.54) is 5.56 Å². The Balaban J connectivity index is 1.50. The Morgan fingerprint density at radius 3 is 2.64 bits per heavy atom. The maximum atomic E-state index is 5.82. The first-order chi connectivity index (χ1) is 10.9. The molecule has 0 amide bonds. The van der Waals surface area contributed by atoms with Crippen molar-refractivity contribution in [2.45, 2.75) is 13.0 Å². The first kappa shape index (κ1) is 14.3. The molecule has 1 heterocycles. The Labute approximate surface area is 130 Å². The van der Waals surface area contributed by atoms with Gasteiger partial charge in [-0.1, -0.05) is 36.4 Å². The minimum atomic E-state index is 0.667. The van der Waals surface area contributed by atoms with Gasteiger partial charge in [-0.3, -0.25) is 0 Å². The molecule has 3 rings (SSSR count). The number of nitrogens with one attached hydrogen (secondary N) is 1. The molecule has 0 radical (unpaired) electrons. The minimum absolute atomic E-state index is 0.667. The quantitative estimate of drug-likeness (QED) is 0.696. The number of benzene rings is 2. The van der Waals surface area contributed by atoms with Crippen molar-refractivity contribution in [1.29, 1.82) is 0 Å². The Hall–Kier alpha value is -2.68. The fourth-order valence-electron chi connectivity index (χ4n) is 2.23. The molecule has 1 N–H and O–H groups in total. The van der Waals surface area contributed by atoms with Crippen molar-refractivity contribution in [3.05, 3.63) is 84.3 Å². The van der Waals surface area contributed by atoms with Crippen molar-refractivity contribution >= 4 is 5.69 Å². The molecule has 1 aromatic heterocycles. The van der Waals surface area contributed by atoms with Gasteiger partial charge in [-0.15, -0.1) is 0 Å². The first-order valence-electron chi connectivity index (χ1n) is 7.43. The predicted molar refractivity (Wildman–Crippen MR) is 88.1 cm³/mol. The third-order valence-electron chi connectivity index (χ3n) is 3.38. The molecule has 0 atom stereocenters. The summed E-state index contributed by atoms with van der Waals surface area (Å²) in [7, 11) is 0. The predicted octanol–water partition coefficient (Wildman–Crippen LogP) is 4.51. The summed E-state index contributed by atoms with van der Waals surface area (Å²) in [6.45, 7) is 1.34. The average molecular weight is 293 g/mol. The van der Waals surface area contributed by atoms with Crippen molar-refractivity contribution in [3.8, 4) is 5.75 Å². The van der Waals surface area contributed by atoms with Gasteiger partial charge in [-0.05, 0) is 29.8 Å². The van der Waals surface area contributed by atoms with Crippen LogP contribution in [0.3, 0.4) is 0 Å². The van der Waals surface area contributed by atoms with Crippen LogP contribution >= 0.6 is 0 Å². The zero-order valence-electron chi connectivity index (χ0n) is 12.4. The summed E-state index contributed by atoms with van der Waals surface area (Å²) in [5.41, 5.74) is 2.31. The lowest BCUT2D eigenvalue weighted by molar-refractivity contribution is 0.322. The number of rotatable bonds is 7. The molecule has 22 heavy (non-hydrogen) atoms. The lowest BCUT2D eigenvalue weighted by Gasteiger charge is -2.09.